The predicted molar refractivity (Wildman–Crippen MR) is 127 cm³/mol. The van der Waals surface area contributed by atoms with Gasteiger partial charge in [0.2, 0.25) is 11.5 Å². The van der Waals surface area contributed by atoms with E-state index >= 15 is 0 Å². The first-order chi connectivity index (χ1) is 16.4. The van der Waals surface area contributed by atoms with E-state index in [-0.39, 0.29) is 11.5 Å². The Labute approximate surface area is 201 Å². The zero-order valence-corrected chi connectivity index (χ0v) is 19.7. The van der Waals surface area contributed by atoms with Crippen molar-refractivity contribution in [2.75, 3.05) is 21.3 Å². The Hall–Kier alpha value is -3.97. The second kappa shape index (κ2) is 9.49. The van der Waals surface area contributed by atoms with Crippen LogP contribution in [-0.2, 0) is 0 Å². The monoisotopic (exact) mass is 480 g/mol. The number of benzene rings is 3. The summed E-state index contributed by atoms with van der Waals surface area (Å²) in [6, 6.07) is 12.9. The van der Waals surface area contributed by atoms with Crippen LogP contribution in [0, 0.1) is 6.92 Å². The first kappa shape index (κ1) is 23.2. The molecule has 3 aromatic rings. The van der Waals surface area contributed by atoms with Gasteiger partial charge in [-0.3, -0.25) is 4.79 Å². The molecule has 0 bridgehead atoms. The molecule has 0 atom stereocenters. The molecule has 8 heteroatoms. The van der Waals surface area contributed by atoms with E-state index in [1.54, 1.807) is 61.5 Å². The molecule has 0 radical (unpaired) electrons. The highest BCUT2D eigenvalue weighted by atomic mass is 35.5. The van der Waals surface area contributed by atoms with Gasteiger partial charge in [0.05, 0.1) is 32.5 Å². The number of carbonyl (C=O) groups is 2. The van der Waals surface area contributed by atoms with Crippen molar-refractivity contribution in [2.24, 2.45) is 0 Å². The zero-order valence-electron chi connectivity index (χ0n) is 18.9. The Morgan fingerprint density at radius 3 is 2.15 bits per heavy atom. The highest BCUT2D eigenvalue weighted by molar-refractivity contribution is 6.30. The summed E-state index contributed by atoms with van der Waals surface area (Å²) in [5.41, 5.74) is 1.88. The summed E-state index contributed by atoms with van der Waals surface area (Å²) < 4.78 is 27.5. The summed E-state index contributed by atoms with van der Waals surface area (Å²) in [4.78, 5) is 25.5. The Morgan fingerprint density at radius 1 is 0.912 bits per heavy atom. The number of methoxy groups -OCH3 is 3. The van der Waals surface area contributed by atoms with Crippen LogP contribution < -0.4 is 23.7 Å². The number of carbonyl (C=O) groups excluding carboxylic acids is 2. The summed E-state index contributed by atoms with van der Waals surface area (Å²) in [7, 11) is 4.54. The molecule has 0 N–H and O–H groups in total. The summed E-state index contributed by atoms with van der Waals surface area (Å²) in [5, 5.41) is 0.517. The molecule has 3 aromatic carbocycles. The normalized spacial score (nSPS) is 13.3. The molecule has 4 rings (SSSR count). The van der Waals surface area contributed by atoms with Crippen LogP contribution in [-0.4, -0.2) is 33.1 Å². The molecule has 0 aliphatic carbocycles. The molecule has 1 aliphatic rings. The quantitative estimate of drug-likeness (QED) is 0.261. The zero-order chi connectivity index (χ0) is 24.4. The van der Waals surface area contributed by atoms with E-state index in [0.29, 0.717) is 56.0 Å². The van der Waals surface area contributed by atoms with E-state index in [1.807, 2.05) is 0 Å². The van der Waals surface area contributed by atoms with Gasteiger partial charge >= 0.3 is 5.97 Å². The third kappa shape index (κ3) is 4.30. The molecule has 0 saturated carbocycles. The van der Waals surface area contributed by atoms with Gasteiger partial charge in [-0.15, -0.1) is 0 Å². The van der Waals surface area contributed by atoms with Crippen LogP contribution in [0.3, 0.4) is 0 Å². The van der Waals surface area contributed by atoms with Gasteiger partial charge in [-0.1, -0.05) is 11.6 Å². The minimum atomic E-state index is -0.544. The summed E-state index contributed by atoms with van der Waals surface area (Å²) in [6.45, 7) is 1.72. The van der Waals surface area contributed by atoms with E-state index in [4.69, 9.17) is 35.3 Å². The summed E-state index contributed by atoms with van der Waals surface area (Å²) in [6.07, 6.45) is 1.59. The third-order valence-corrected chi connectivity index (χ3v) is 5.56. The number of Topliss-reactive ketones (excluding diaryl/α,β-unsaturated/α-hetero) is 1. The molecule has 0 amide bonds. The largest absolute Gasteiger partial charge is 0.493 e. The lowest BCUT2D eigenvalue weighted by Gasteiger charge is -2.13. The molecule has 0 spiro atoms. The van der Waals surface area contributed by atoms with Crippen LogP contribution in [0.25, 0.3) is 6.08 Å². The van der Waals surface area contributed by atoms with Gasteiger partial charge in [0.1, 0.15) is 11.5 Å². The van der Waals surface area contributed by atoms with E-state index in [0.717, 1.165) is 0 Å². The molecule has 0 unspecified atom stereocenters. The Balaban J connectivity index is 1.63. The molecule has 0 saturated heterocycles. The predicted octanol–water partition coefficient (Wildman–Crippen LogP) is 5.51. The first-order valence-electron chi connectivity index (χ1n) is 10.2. The van der Waals surface area contributed by atoms with E-state index < -0.39 is 5.97 Å². The molecule has 1 heterocycles. The lowest BCUT2D eigenvalue weighted by molar-refractivity contribution is 0.0733. The average molecular weight is 481 g/mol. The number of rotatable bonds is 6. The standard InChI is InChI=1S/C26H21ClO7/c1-14-19(34-26(29)16-5-7-17(27)8-6-16)10-9-18-23(28)20(33-24(14)18)11-15-12-21(30-2)25(32-4)22(13-15)31-3/h5-13H,1-4H3/b20-11-. The maximum Gasteiger partial charge on any atom is 0.343 e. The number of ketones is 1. The molecule has 0 aromatic heterocycles. The SMILES string of the molecule is COc1cc(/C=C2\Oc3c(ccc(OC(=O)c4ccc(Cl)cc4)c3C)C2=O)cc(OC)c1OC. The van der Waals surface area contributed by atoms with Crippen LogP contribution in [0.15, 0.2) is 54.3 Å². The van der Waals surface area contributed by atoms with Crippen molar-refractivity contribution >= 4 is 29.4 Å². The van der Waals surface area contributed by atoms with Gasteiger partial charge in [-0.2, -0.15) is 0 Å². The average Bonchev–Trinajstić information content (AvgIpc) is 3.16. The second-order valence-corrected chi connectivity index (χ2v) is 7.80. The van der Waals surface area contributed by atoms with Crippen LogP contribution in [0.5, 0.6) is 28.7 Å². The summed E-state index contributed by atoms with van der Waals surface area (Å²) in [5.74, 6) is 1.25. The van der Waals surface area contributed by atoms with Crippen molar-refractivity contribution in [2.45, 2.75) is 6.92 Å². The topological polar surface area (TPSA) is 80.3 Å². The lowest BCUT2D eigenvalue weighted by Crippen LogP contribution is -2.09. The number of halogens is 1. The van der Waals surface area contributed by atoms with E-state index in [9.17, 15) is 9.59 Å². The van der Waals surface area contributed by atoms with E-state index in [1.165, 1.54) is 21.3 Å². The van der Waals surface area contributed by atoms with Crippen LogP contribution >= 0.6 is 11.6 Å². The maximum atomic E-state index is 13.0. The molecule has 174 valence electrons. The van der Waals surface area contributed by atoms with E-state index in [2.05, 4.69) is 0 Å². The van der Waals surface area contributed by atoms with Crippen LogP contribution in [0.1, 0.15) is 31.8 Å². The van der Waals surface area contributed by atoms with Crippen molar-refractivity contribution in [3.05, 3.63) is 81.6 Å². The lowest BCUT2D eigenvalue weighted by atomic mass is 10.1. The van der Waals surface area contributed by atoms with Gasteiger partial charge in [-0.05, 0) is 67.1 Å². The highest BCUT2D eigenvalue weighted by Gasteiger charge is 2.31. The molecule has 34 heavy (non-hydrogen) atoms. The van der Waals surface area contributed by atoms with Gasteiger partial charge in [0.25, 0.3) is 0 Å². The molecule has 0 fully saturated rings. The molecular formula is C26H21ClO7. The fraction of sp³-hybridized carbons (Fsp3) is 0.154. The Morgan fingerprint density at radius 2 is 1.56 bits per heavy atom. The smallest absolute Gasteiger partial charge is 0.343 e. The fourth-order valence-electron chi connectivity index (χ4n) is 3.56. The minimum Gasteiger partial charge on any atom is -0.493 e. The number of allylic oxidation sites excluding steroid dienone is 1. The number of hydrogen-bond acceptors (Lipinski definition) is 7. The van der Waals surface area contributed by atoms with Crippen molar-refractivity contribution in [3.63, 3.8) is 0 Å². The molecule has 7 nitrogen and oxygen atoms in total. The van der Waals surface area contributed by atoms with Crippen molar-refractivity contribution in [3.8, 4) is 28.7 Å². The maximum absolute atomic E-state index is 13.0. The third-order valence-electron chi connectivity index (χ3n) is 5.30. The Kier molecular flexibility index (Phi) is 6.47. The van der Waals surface area contributed by atoms with Gasteiger partial charge in [0.15, 0.2) is 17.3 Å². The van der Waals surface area contributed by atoms with Crippen LogP contribution in [0.4, 0.5) is 0 Å². The van der Waals surface area contributed by atoms with Crippen LogP contribution in [0.2, 0.25) is 5.02 Å². The molecular weight excluding hydrogens is 460 g/mol. The van der Waals surface area contributed by atoms with Crippen molar-refractivity contribution in [1.82, 2.24) is 0 Å². The van der Waals surface area contributed by atoms with Crippen molar-refractivity contribution in [1.29, 1.82) is 0 Å². The summed E-state index contributed by atoms with van der Waals surface area (Å²) >= 11 is 5.87. The minimum absolute atomic E-state index is 0.119. The van der Waals surface area contributed by atoms with Crippen molar-refractivity contribution < 1.29 is 33.3 Å². The number of esters is 1. The second-order valence-electron chi connectivity index (χ2n) is 7.36. The molecule has 1 aliphatic heterocycles. The highest BCUT2D eigenvalue weighted by Crippen LogP contribution is 2.42. The Bertz CT molecular complexity index is 1280. The number of ether oxygens (including phenoxy) is 5. The first-order valence-corrected chi connectivity index (χ1v) is 10.6. The van der Waals surface area contributed by atoms with Gasteiger partial charge in [0, 0.05) is 10.6 Å². The number of fused-ring (bicyclic) bond motifs is 1. The van der Waals surface area contributed by atoms with Gasteiger partial charge in [-0.25, -0.2) is 4.79 Å². The fourth-order valence-corrected chi connectivity index (χ4v) is 3.69. The number of hydrogen-bond donors (Lipinski definition) is 0. The van der Waals surface area contributed by atoms with Gasteiger partial charge < -0.3 is 23.7 Å².